The average molecular weight is 147 g/mol. The van der Waals surface area contributed by atoms with Gasteiger partial charge in [0.1, 0.15) is 0 Å². The number of rotatable bonds is 4. The maximum atomic E-state index is 8.52. The highest BCUT2D eigenvalue weighted by molar-refractivity contribution is 6.53. The molecule has 0 aliphatic heterocycles. The first-order valence-electron chi connectivity index (χ1n) is 3.92. The predicted octanol–water partition coefficient (Wildman–Crippen LogP) is 0.817. The fourth-order valence-electron chi connectivity index (χ4n) is 0.949. The molecule has 1 aromatic carbocycles. The van der Waals surface area contributed by atoms with E-state index in [1.165, 1.54) is 5.46 Å². The standard InChI is InChI=1S/C9H12BO/c11-8-4-7-10-9-5-2-1-3-6-9/h1-3,5-6,11H,4,7-8H2. The lowest BCUT2D eigenvalue weighted by molar-refractivity contribution is 0.295. The van der Waals surface area contributed by atoms with Crippen molar-refractivity contribution in [1.29, 1.82) is 0 Å². The molecule has 0 aliphatic rings. The third-order valence-electron chi connectivity index (χ3n) is 1.54. The van der Waals surface area contributed by atoms with E-state index in [0.29, 0.717) is 0 Å². The summed E-state index contributed by atoms with van der Waals surface area (Å²) >= 11 is 0. The molecule has 0 saturated heterocycles. The van der Waals surface area contributed by atoms with E-state index >= 15 is 0 Å². The van der Waals surface area contributed by atoms with Crippen LogP contribution in [0.15, 0.2) is 30.3 Å². The molecule has 1 aromatic rings. The fourth-order valence-corrected chi connectivity index (χ4v) is 0.949. The summed E-state index contributed by atoms with van der Waals surface area (Å²) in [6.45, 7) is 0.281. The fraction of sp³-hybridized carbons (Fsp3) is 0.333. The van der Waals surface area contributed by atoms with E-state index in [2.05, 4.69) is 19.4 Å². The minimum absolute atomic E-state index is 0.281. The number of aliphatic hydroxyl groups is 1. The molecule has 0 atom stereocenters. The van der Waals surface area contributed by atoms with Gasteiger partial charge in [-0.3, -0.25) is 0 Å². The van der Waals surface area contributed by atoms with Gasteiger partial charge in [0.25, 0.3) is 0 Å². The Morgan fingerprint density at radius 1 is 1.18 bits per heavy atom. The van der Waals surface area contributed by atoms with Crippen LogP contribution in [-0.4, -0.2) is 19.0 Å². The van der Waals surface area contributed by atoms with E-state index in [1.807, 2.05) is 18.2 Å². The molecule has 1 N–H and O–H groups in total. The molecule has 1 nitrogen and oxygen atoms in total. The van der Waals surface area contributed by atoms with Gasteiger partial charge in [0.05, 0.1) is 0 Å². The Morgan fingerprint density at radius 3 is 2.55 bits per heavy atom. The Labute approximate surface area is 68.3 Å². The smallest absolute Gasteiger partial charge is 0.151 e. The minimum atomic E-state index is 0.281. The topological polar surface area (TPSA) is 20.2 Å². The van der Waals surface area contributed by atoms with E-state index in [1.54, 1.807) is 0 Å². The minimum Gasteiger partial charge on any atom is -0.396 e. The zero-order valence-corrected chi connectivity index (χ0v) is 6.53. The number of hydrogen-bond donors (Lipinski definition) is 1. The summed E-state index contributed by atoms with van der Waals surface area (Å²) in [5, 5.41) is 8.52. The molecule has 0 saturated carbocycles. The van der Waals surface area contributed by atoms with Crippen LogP contribution in [0, 0.1) is 0 Å². The maximum Gasteiger partial charge on any atom is 0.151 e. The number of aliphatic hydroxyl groups excluding tert-OH is 1. The monoisotopic (exact) mass is 147 g/mol. The van der Waals surface area contributed by atoms with Crippen LogP contribution in [0.5, 0.6) is 0 Å². The van der Waals surface area contributed by atoms with Crippen molar-refractivity contribution < 1.29 is 5.11 Å². The van der Waals surface area contributed by atoms with Gasteiger partial charge in [-0.2, -0.15) is 0 Å². The zero-order chi connectivity index (χ0) is 7.94. The van der Waals surface area contributed by atoms with Crippen LogP contribution in [0.3, 0.4) is 0 Å². The van der Waals surface area contributed by atoms with Gasteiger partial charge in [0.2, 0.25) is 0 Å². The van der Waals surface area contributed by atoms with Crippen LogP contribution < -0.4 is 5.46 Å². The van der Waals surface area contributed by atoms with Crippen LogP contribution in [0.4, 0.5) is 0 Å². The van der Waals surface area contributed by atoms with Gasteiger partial charge >= 0.3 is 0 Å². The van der Waals surface area contributed by atoms with Gasteiger partial charge in [-0.05, 0) is 6.42 Å². The third kappa shape index (κ3) is 3.24. The van der Waals surface area contributed by atoms with Crippen molar-refractivity contribution in [3.63, 3.8) is 0 Å². The van der Waals surface area contributed by atoms with Gasteiger partial charge < -0.3 is 5.11 Å². The SMILES string of the molecule is OCCC[B]c1ccccc1. The summed E-state index contributed by atoms with van der Waals surface area (Å²) in [4.78, 5) is 0. The van der Waals surface area contributed by atoms with Crippen molar-refractivity contribution in [3.8, 4) is 0 Å². The normalized spacial score (nSPS) is 9.55. The second-order valence-electron chi connectivity index (χ2n) is 2.48. The van der Waals surface area contributed by atoms with E-state index in [0.717, 1.165) is 12.7 Å². The summed E-state index contributed by atoms with van der Waals surface area (Å²) in [5.74, 6) is 0. The molecule has 0 spiro atoms. The van der Waals surface area contributed by atoms with Crippen LogP contribution in [0.1, 0.15) is 6.42 Å². The average Bonchev–Trinajstić information content (AvgIpc) is 2.07. The van der Waals surface area contributed by atoms with Crippen molar-refractivity contribution in [3.05, 3.63) is 30.3 Å². The summed E-state index contributed by atoms with van der Waals surface area (Å²) < 4.78 is 0. The lowest BCUT2D eigenvalue weighted by Gasteiger charge is -1.96. The largest absolute Gasteiger partial charge is 0.396 e. The van der Waals surface area contributed by atoms with E-state index in [-0.39, 0.29) is 6.61 Å². The molecular formula is C9H12BO. The van der Waals surface area contributed by atoms with Gasteiger partial charge in [0, 0.05) is 6.61 Å². The van der Waals surface area contributed by atoms with Gasteiger partial charge in [0.15, 0.2) is 7.28 Å². The van der Waals surface area contributed by atoms with Gasteiger partial charge in [-0.25, -0.2) is 0 Å². The summed E-state index contributed by atoms with van der Waals surface area (Å²) in [7, 11) is 2.14. The highest BCUT2D eigenvalue weighted by Crippen LogP contribution is 1.88. The Hall–Kier alpha value is -0.755. The number of hydrogen-bond acceptors (Lipinski definition) is 1. The van der Waals surface area contributed by atoms with E-state index in [4.69, 9.17) is 5.11 Å². The Bertz CT molecular complexity index is 186. The highest BCUT2D eigenvalue weighted by atomic mass is 16.2. The first kappa shape index (κ1) is 8.34. The molecule has 0 unspecified atom stereocenters. The molecular weight excluding hydrogens is 135 g/mol. The summed E-state index contributed by atoms with van der Waals surface area (Å²) in [6.07, 6.45) is 1.81. The first-order valence-corrected chi connectivity index (χ1v) is 3.92. The first-order chi connectivity index (χ1) is 5.43. The maximum absolute atomic E-state index is 8.52. The van der Waals surface area contributed by atoms with Crippen LogP contribution in [-0.2, 0) is 0 Å². The van der Waals surface area contributed by atoms with Crippen molar-refractivity contribution in [2.24, 2.45) is 0 Å². The highest BCUT2D eigenvalue weighted by Gasteiger charge is 1.92. The lowest BCUT2D eigenvalue weighted by atomic mass is 9.66. The van der Waals surface area contributed by atoms with Crippen molar-refractivity contribution in [1.82, 2.24) is 0 Å². The molecule has 1 radical (unpaired) electrons. The molecule has 1 rings (SSSR count). The van der Waals surface area contributed by atoms with Crippen LogP contribution in [0.25, 0.3) is 0 Å². The quantitative estimate of drug-likeness (QED) is 0.493. The van der Waals surface area contributed by atoms with E-state index in [9.17, 15) is 0 Å². The molecule has 2 heteroatoms. The van der Waals surface area contributed by atoms with E-state index < -0.39 is 0 Å². The third-order valence-corrected chi connectivity index (χ3v) is 1.54. The zero-order valence-electron chi connectivity index (χ0n) is 6.53. The predicted molar refractivity (Wildman–Crippen MR) is 48.3 cm³/mol. The molecule has 0 aliphatic carbocycles. The van der Waals surface area contributed by atoms with Gasteiger partial charge in [-0.1, -0.05) is 42.1 Å². The Morgan fingerprint density at radius 2 is 1.91 bits per heavy atom. The Balaban J connectivity index is 2.28. The molecule has 0 amide bonds. The van der Waals surface area contributed by atoms with Crippen LogP contribution >= 0.6 is 0 Å². The molecule has 11 heavy (non-hydrogen) atoms. The molecule has 0 bridgehead atoms. The number of benzene rings is 1. The molecule has 0 aromatic heterocycles. The second kappa shape index (κ2) is 4.97. The second-order valence-corrected chi connectivity index (χ2v) is 2.48. The molecule has 57 valence electrons. The van der Waals surface area contributed by atoms with Crippen LogP contribution in [0.2, 0.25) is 6.32 Å². The Kier molecular flexibility index (Phi) is 3.77. The summed E-state index contributed by atoms with van der Waals surface area (Å²) in [6, 6.07) is 10.2. The van der Waals surface area contributed by atoms with Crippen molar-refractivity contribution in [2.45, 2.75) is 12.7 Å². The van der Waals surface area contributed by atoms with Gasteiger partial charge in [-0.15, -0.1) is 0 Å². The van der Waals surface area contributed by atoms with Crippen molar-refractivity contribution in [2.75, 3.05) is 6.61 Å². The lowest BCUT2D eigenvalue weighted by Crippen LogP contribution is -2.12. The summed E-state index contributed by atoms with van der Waals surface area (Å²) in [5.41, 5.74) is 1.24. The molecule has 0 fully saturated rings. The molecule has 0 heterocycles. The van der Waals surface area contributed by atoms with Crippen molar-refractivity contribution >= 4 is 12.7 Å².